The number of benzene rings is 1. The maximum atomic E-state index is 13.1. The molecule has 2 fully saturated rings. The molecule has 1 saturated heterocycles. The second-order valence-corrected chi connectivity index (χ2v) is 8.77. The van der Waals surface area contributed by atoms with Crippen LogP contribution >= 0.6 is 0 Å². The van der Waals surface area contributed by atoms with Gasteiger partial charge >= 0.3 is 0 Å². The van der Waals surface area contributed by atoms with Crippen molar-refractivity contribution in [3.8, 4) is 0 Å². The molecule has 0 bridgehead atoms. The van der Waals surface area contributed by atoms with Gasteiger partial charge in [0, 0.05) is 44.2 Å². The first-order valence-electron chi connectivity index (χ1n) is 11.3. The Morgan fingerprint density at radius 3 is 2.76 bits per heavy atom. The smallest absolute Gasteiger partial charge is 0.253 e. The first-order chi connectivity index (χ1) is 16.4. The van der Waals surface area contributed by atoms with E-state index in [2.05, 4.69) is 25.7 Å². The van der Waals surface area contributed by atoms with Crippen LogP contribution in [0.5, 0.6) is 0 Å². The van der Waals surface area contributed by atoms with Gasteiger partial charge < -0.3 is 15.0 Å². The Bertz CT molecular complexity index is 1230. The highest BCUT2D eigenvalue weighted by atomic mass is 19.3. The molecule has 0 atom stereocenters. The van der Waals surface area contributed by atoms with E-state index in [0.29, 0.717) is 43.3 Å². The average Bonchev–Trinajstić information content (AvgIpc) is 3.22. The van der Waals surface area contributed by atoms with E-state index in [9.17, 15) is 13.6 Å². The number of anilines is 2. The molecule has 3 aromatic rings. The third-order valence-corrected chi connectivity index (χ3v) is 6.00. The first kappa shape index (κ1) is 22.3. The number of fused-ring (bicyclic) bond motifs is 1. The fourth-order valence-electron chi connectivity index (χ4n) is 4.24. The summed E-state index contributed by atoms with van der Waals surface area (Å²) < 4.78 is 33.6. The molecule has 8 nitrogen and oxygen atoms in total. The fourth-order valence-corrected chi connectivity index (χ4v) is 4.24. The second kappa shape index (κ2) is 9.02. The molecule has 5 rings (SSSR count). The van der Waals surface area contributed by atoms with Crippen LogP contribution in [-0.2, 0) is 4.74 Å². The zero-order chi connectivity index (χ0) is 23.7. The lowest BCUT2D eigenvalue weighted by Gasteiger charge is -2.35. The average molecular weight is 469 g/mol. The molecule has 1 aliphatic heterocycles. The van der Waals surface area contributed by atoms with Crippen molar-refractivity contribution in [2.45, 2.75) is 31.7 Å². The van der Waals surface area contributed by atoms with Crippen LogP contribution in [0.3, 0.4) is 0 Å². The number of alkyl halides is 2. The summed E-state index contributed by atoms with van der Waals surface area (Å²) in [6, 6.07) is 11.0. The predicted octanol–water partition coefficient (Wildman–Crippen LogP) is 3.45. The topological polar surface area (TPSA) is 83.3 Å². The Morgan fingerprint density at radius 2 is 2.03 bits per heavy atom. The molecule has 1 saturated carbocycles. The van der Waals surface area contributed by atoms with E-state index in [1.54, 1.807) is 18.5 Å². The van der Waals surface area contributed by atoms with Crippen LogP contribution in [0, 0.1) is 6.92 Å². The number of carbonyl (C=O) groups excluding carboxylic acids is 1. The molecule has 34 heavy (non-hydrogen) atoms. The lowest BCUT2D eigenvalue weighted by molar-refractivity contribution is -0.0901. The molecule has 2 aliphatic rings. The number of halogens is 2. The van der Waals surface area contributed by atoms with Gasteiger partial charge in [0.15, 0.2) is 5.82 Å². The van der Waals surface area contributed by atoms with Gasteiger partial charge in [-0.2, -0.15) is 5.10 Å². The molecule has 1 aliphatic carbocycles. The summed E-state index contributed by atoms with van der Waals surface area (Å²) in [5.74, 6) is -1.70. The van der Waals surface area contributed by atoms with Gasteiger partial charge in [0.1, 0.15) is 11.5 Å². The number of nitrogens with one attached hydrogen (secondary N) is 2. The first-order valence-corrected chi connectivity index (χ1v) is 11.3. The van der Waals surface area contributed by atoms with E-state index in [1.165, 1.54) is 0 Å². The van der Waals surface area contributed by atoms with Gasteiger partial charge in [0.2, 0.25) is 0 Å². The molecule has 3 heterocycles. The van der Waals surface area contributed by atoms with Gasteiger partial charge in [-0.15, -0.1) is 0 Å². The third-order valence-electron chi connectivity index (χ3n) is 6.00. The SMILES string of the molecule is Cc1cccc(/C=N/Nc2cc(N3CCOCC3)n3cc(C(=O)NC4CC(F)(F)C4)cc3n2)c1. The number of carbonyl (C=O) groups is 1. The van der Waals surface area contributed by atoms with Crippen molar-refractivity contribution in [1.82, 2.24) is 14.7 Å². The zero-order valence-corrected chi connectivity index (χ0v) is 18.8. The Hall–Kier alpha value is -3.53. The van der Waals surface area contributed by atoms with Crippen molar-refractivity contribution >= 4 is 29.4 Å². The molecule has 178 valence electrons. The zero-order valence-electron chi connectivity index (χ0n) is 18.8. The normalized spacial score (nSPS) is 18.3. The maximum Gasteiger partial charge on any atom is 0.253 e. The number of aromatic nitrogens is 2. The summed E-state index contributed by atoms with van der Waals surface area (Å²) in [6.07, 6.45) is 2.77. The molecule has 2 N–H and O–H groups in total. The van der Waals surface area contributed by atoms with Crippen molar-refractivity contribution in [2.24, 2.45) is 5.10 Å². The number of hydrogen-bond donors (Lipinski definition) is 2. The minimum absolute atomic E-state index is 0.323. The van der Waals surface area contributed by atoms with Crippen LogP contribution in [0.2, 0.25) is 0 Å². The predicted molar refractivity (Wildman–Crippen MR) is 126 cm³/mol. The van der Waals surface area contributed by atoms with Crippen molar-refractivity contribution < 1.29 is 18.3 Å². The van der Waals surface area contributed by atoms with Crippen LogP contribution in [0.25, 0.3) is 5.65 Å². The lowest BCUT2D eigenvalue weighted by atomic mass is 9.88. The molecule has 0 radical (unpaired) electrons. The number of hydrogen-bond acceptors (Lipinski definition) is 6. The fraction of sp³-hybridized carbons (Fsp3) is 0.375. The summed E-state index contributed by atoms with van der Waals surface area (Å²) in [5.41, 5.74) is 6.02. The molecule has 1 amide bonds. The van der Waals surface area contributed by atoms with E-state index in [0.717, 1.165) is 16.9 Å². The van der Waals surface area contributed by atoms with Gasteiger partial charge in [-0.3, -0.25) is 14.6 Å². The van der Waals surface area contributed by atoms with Crippen molar-refractivity contribution in [1.29, 1.82) is 0 Å². The van der Waals surface area contributed by atoms with Gasteiger partial charge in [0.05, 0.1) is 25.0 Å². The monoisotopic (exact) mass is 468 g/mol. The number of hydrazone groups is 1. The number of amides is 1. The van der Waals surface area contributed by atoms with Gasteiger partial charge in [-0.1, -0.05) is 29.8 Å². The van der Waals surface area contributed by atoms with Gasteiger partial charge in [-0.05, 0) is 18.6 Å². The van der Waals surface area contributed by atoms with E-state index >= 15 is 0 Å². The third kappa shape index (κ3) is 4.86. The van der Waals surface area contributed by atoms with Crippen LogP contribution in [0.4, 0.5) is 20.4 Å². The van der Waals surface area contributed by atoms with Gasteiger partial charge in [-0.25, -0.2) is 13.8 Å². The van der Waals surface area contributed by atoms with Crippen LogP contribution in [0.15, 0.2) is 47.7 Å². The van der Waals surface area contributed by atoms with Crippen LogP contribution < -0.4 is 15.6 Å². The summed E-state index contributed by atoms with van der Waals surface area (Å²) in [4.78, 5) is 19.4. The number of morpholine rings is 1. The quantitative estimate of drug-likeness (QED) is 0.428. The van der Waals surface area contributed by atoms with Gasteiger partial charge in [0.25, 0.3) is 11.8 Å². The standard InChI is InChI=1S/C24H26F2N6O2/c1-16-3-2-4-17(9-16)14-27-30-20-11-22(31-5-7-34-8-6-31)32-15-18(10-21(32)29-20)23(33)28-19-12-24(25,26)13-19/h2-4,9-11,14-15,19H,5-8,12-13H2,1H3,(H,28,33)(H,29,30)/b27-14+. The van der Waals surface area contributed by atoms with E-state index in [4.69, 9.17) is 4.74 Å². The Morgan fingerprint density at radius 1 is 1.24 bits per heavy atom. The highest BCUT2D eigenvalue weighted by Crippen LogP contribution is 2.37. The molecule has 2 aromatic heterocycles. The van der Waals surface area contributed by atoms with E-state index in [1.807, 2.05) is 41.7 Å². The lowest BCUT2D eigenvalue weighted by Crippen LogP contribution is -2.50. The molecule has 0 unspecified atom stereocenters. The summed E-state index contributed by atoms with van der Waals surface area (Å²) in [7, 11) is 0. The molecule has 1 aromatic carbocycles. The minimum atomic E-state index is -2.69. The molecule has 0 spiro atoms. The molecular formula is C24H26F2N6O2. The van der Waals surface area contributed by atoms with Crippen molar-refractivity contribution in [3.63, 3.8) is 0 Å². The van der Waals surface area contributed by atoms with Crippen molar-refractivity contribution in [2.75, 3.05) is 36.6 Å². The highest BCUT2D eigenvalue weighted by molar-refractivity contribution is 5.96. The number of nitrogens with zero attached hydrogens (tertiary/aromatic N) is 4. The van der Waals surface area contributed by atoms with Crippen molar-refractivity contribution in [3.05, 3.63) is 59.3 Å². The maximum absolute atomic E-state index is 13.1. The van der Waals surface area contributed by atoms with Crippen LogP contribution in [0.1, 0.15) is 34.3 Å². The number of rotatable bonds is 6. The Kier molecular flexibility index (Phi) is 5.91. The van der Waals surface area contributed by atoms with E-state index < -0.39 is 12.0 Å². The largest absolute Gasteiger partial charge is 0.378 e. The highest BCUT2D eigenvalue weighted by Gasteiger charge is 2.46. The number of ether oxygens (including phenoxy) is 1. The molecule has 10 heteroatoms. The summed E-state index contributed by atoms with van der Waals surface area (Å²) in [6.45, 7) is 4.61. The van der Waals surface area contributed by atoms with E-state index in [-0.39, 0.29) is 18.7 Å². The summed E-state index contributed by atoms with van der Waals surface area (Å²) in [5, 5.41) is 7.01. The Balaban J connectivity index is 1.41. The molecular weight excluding hydrogens is 442 g/mol. The second-order valence-electron chi connectivity index (χ2n) is 8.77. The van der Waals surface area contributed by atoms with Crippen LogP contribution in [-0.4, -0.2) is 59.8 Å². The number of aryl methyl sites for hydroxylation is 1. The summed E-state index contributed by atoms with van der Waals surface area (Å²) >= 11 is 0. The Labute approximate surface area is 195 Å². The minimum Gasteiger partial charge on any atom is -0.378 e.